The Morgan fingerprint density at radius 1 is 0.960 bits per heavy atom. The van der Waals surface area contributed by atoms with E-state index in [0.717, 1.165) is 31.6 Å². The third-order valence-corrected chi connectivity index (χ3v) is 6.07. The van der Waals surface area contributed by atoms with Crippen LogP contribution in [0.4, 0.5) is 0 Å². The highest BCUT2D eigenvalue weighted by Crippen LogP contribution is 2.26. The minimum atomic E-state index is 0.285. The fourth-order valence-electron chi connectivity index (χ4n) is 3.58. The molecule has 25 heavy (non-hydrogen) atoms. The van der Waals surface area contributed by atoms with Gasteiger partial charge in [-0.25, -0.2) is 4.99 Å². The number of hydrogen-bond donors (Lipinski definition) is 0. The summed E-state index contributed by atoms with van der Waals surface area (Å²) in [6.45, 7) is 5.14. The summed E-state index contributed by atoms with van der Waals surface area (Å²) in [7, 11) is 0. The number of hydrogen-bond acceptors (Lipinski definition) is 2. The summed E-state index contributed by atoms with van der Waals surface area (Å²) in [5.41, 5.74) is 6.65. The van der Waals surface area contributed by atoms with E-state index >= 15 is 0 Å². The van der Waals surface area contributed by atoms with Crippen LogP contribution in [-0.4, -0.2) is 18.5 Å². The van der Waals surface area contributed by atoms with Crippen LogP contribution >= 0.6 is 15.9 Å². The zero-order valence-electron chi connectivity index (χ0n) is 14.9. The molecule has 2 aromatic carbocycles. The molecule has 0 unspecified atom stereocenters. The van der Waals surface area contributed by atoms with Gasteiger partial charge in [-0.3, -0.25) is 0 Å². The van der Waals surface area contributed by atoms with Crippen LogP contribution in [0.25, 0.3) is 0 Å². The van der Waals surface area contributed by atoms with E-state index in [1.807, 2.05) is 0 Å². The van der Waals surface area contributed by atoms with Crippen molar-refractivity contribution in [2.24, 2.45) is 10.9 Å². The van der Waals surface area contributed by atoms with Gasteiger partial charge in [0.25, 0.3) is 0 Å². The largest absolute Gasteiger partial charge is 0.475 e. The van der Waals surface area contributed by atoms with E-state index in [4.69, 9.17) is 9.73 Å². The predicted octanol–water partition coefficient (Wildman–Crippen LogP) is 5.13. The molecule has 0 radical (unpaired) electrons. The molecule has 130 valence electrons. The lowest BCUT2D eigenvalue weighted by atomic mass is 9.93. The van der Waals surface area contributed by atoms with Gasteiger partial charge in [-0.1, -0.05) is 54.0 Å². The summed E-state index contributed by atoms with van der Waals surface area (Å²) in [5, 5.41) is 0. The molecular weight excluding hydrogens is 374 g/mol. The van der Waals surface area contributed by atoms with Gasteiger partial charge in [-0.05, 0) is 66.0 Å². The van der Waals surface area contributed by atoms with Gasteiger partial charge in [-0.2, -0.15) is 0 Å². The second kappa shape index (κ2) is 6.95. The van der Waals surface area contributed by atoms with Crippen molar-refractivity contribution in [3.05, 3.63) is 68.7 Å². The lowest BCUT2D eigenvalue weighted by molar-refractivity contribution is 0.291. The highest BCUT2D eigenvalue weighted by molar-refractivity contribution is 9.10. The summed E-state index contributed by atoms with van der Waals surface area (Å²) >= 11 is 3.74. The summed E-state index contributed by atoms with van der Waals surface area (Å²) in [6, 6.07) is 14.0. The van der Waals surface area contributed by atoms with Crippen LogP contribution in [0.3, 0.4) is 0 Å². The van der Waals surface area contributed by atoms with Crippen molar-refractivity contribution in [2.45, 2.75) is 45.6 Å². The van der Waals surface area contributed by atoms with E-state index in [9.17, 15) is 0 Å². The van der Waals surface area contributed by atoms with Gasteiger partial charge < -0.3 is 4.74 Å². The topological polar surface area (TPSA) is 21.6 Å². The monoisotopic (exact) mass is 397 g/mol. The molecule has 7 rings (SSSR count). The Balaban J connectivity index is 1.71. The number of halogens is 1. The van der Waals surface area contributed by atoms with Crippen molar-refractivity contribution >= 4 is 21.8 Å². The van der Waals surface area contributed by atoms with Crippen LogP contribution in [0.15, 0.2) is 45.9 Å². The van der Waals surface area contributed by atoms with Gasteiger partial charge in [0.1, 0.15) is 6.61 Å². The lowest BCUT2D eigenvalue weighted by Crippen LogP contribution is -2.13. The van der Waals surface area contributed by atoms with Crippen LogP contribution in [0.5, 0.6) is 0 Å². The van der Waals surface area contributed by atoms with Gasteiger partial charge in [-0.15, -0.1) is 0 Å². The molecule has 0 saturated carbocycles. The first-order valence-electron chi connectivity index (χ1n) is 9.20. The molecule has 4 bridgehead atoms. The normalized spacial score (nSPS) is 19.5. The molecule has 2 nitrogen and oxygen atoms in total. The standard InChI is InChI=1S/C22H24BrNO/c1-14(2)21-13-25-22(24-21)19-11-15-3-7-17(19)8-4-16-6-10-18(9-5-15)20(23)12-16/h3,6-7,10-12,14,21H,4-5,8-9,13H2,1-2H3/t21-/m1/s1. The van der Waals surface area contributed by atoms with E-state index in [1.54, 1.807) is 0 Å². The number of nitrogens with zero attached hydrogens (tertiary/aromatic N) is 1. The predicted molar refractivity (Wildman–Crippen MR) is 107 cm³/mol. The van der Waals surface area contributed by atoms with Crippen LogP contribution in [0, 0.1) is 5.92 Å². The average molecular weight is 398 g/mol. The van der Waals surface area contributed by atoms with Crippen molar-refractivity contribution in [3.63, 3.8) is 0 Å². The lowest BCUT2D eigenvalue weighted by Gasteiger charge is -2.15. The molecule has 2 aromatic rings. The third-order valence-electron chi connectivity index (χ3n) is 5.33. The van der Waals surface area contributed by atoms with Crippen LogP contribution < -0.4 is 0 Å². The molecule has 0 aromatic heterocycles. The Labute approximate surface area is 158 Å². The van der Waals surface area contributed by atoms with Gasteiger partial charge in [0.2, 0.25) is 5.90 Å². The second-order valence-corrected chi connectivity index (χ2v) is 8.33. The van der Waals surface area contributed by atoms with Crippen molar-refractivity contribution in [3.8, 4) is 0 Å². The molecule has 5 aliphatic rings. The Morgan fingerprint density at radius 3 is 2.32 bits per heavy atom. The first-order valence-corrected chi connectivity index (χ1v) is 9.99. The van der Waals surface area contributed by atoms with E-state index in [-0.39, 0.29) is 6.04 Å². The Hall–Kier alpha value is -1.61. The quantitative estimate of drug-likeness (QED) is 0.687. The Bertz CT molecular complexity index is 825. The summed E-state index contributed by atoms with van der Waals surface area (Å²) in [6.07, 6.45) is 4.12. The maximum atomic E-state index is 5.99. The second-order valence-electron chi connectivity index (χ2n) is 7.47. The SMILES string of the molecule is CC(C)[C@H]1COC(c2cc3ccc2CCc2ccc(c(Br)c2)CC3)=N1. The van der Waals surface area contributed by atoms with Crippen molar-refractivity contribution in [1.29, 1.82) is 0 Å². The maximum Gasteiger partial charge on any atom is 0.216 e. The fraction of sp³-hybridized carbons (Fsp3) is 0.409. The Kier molecular flexibility index (Phi) is 4.68. The summed E-state index contributed by atoms with van der Waals surface area (Å²) in [5.74, 6) is 1.37. The van der Waals surface area contributed by atoms with Crippen LogP contribution in [0.2, 0.25) is 0 Å². The number of benzene rings is 2. The van der Waals surface area contributed by atoms with Crippen LogP contribution in [-0.2, 0) is 30.4 Å². The zero-order chi connectivity index (χ0) is 17.4. The minimum Gasteiger partial charge on any atom is -0.475 e. The summed E-state index contributed by atoms with van der Waals surface area (Å²) < 4.78 is 7.23. The first-order chi connectivity index (χ1) is 12.1. The molecule has 1 aliphatic heterocycles. The molecule has 1 atom stereocenters. The zero-order valence-corrected chi connectivity index (χ0v) is 16.5. The summed E-state index contributed by atoms with van der Waals surface area (Å²) in [4.78, 5) is 4.87. The fourth-order valence-corrected chi connectivity index (χ4v) is 4.21. The Morgan fingerprint density at radius 2 is 1.64 bits per heavy atom. The van der Waals surface area contributed by atoms with E-state index in [1.165, 1.54) is 32.3 Å². The number of rotatable bonds is 2. The number of ether oxygens (including phenoxy) is 1. The number of aliphatic imine (C=N–C) groups is 1. The highest BCUT2D eigenvalue weighted by atomic mass is 79.9. The van der Waals surface area contributed by atoms with Gasteiger partial charge in [0, 0.05) is 10.0 Å². The highest BCUT2D eigenvalue weighted by Gasteiger charge is 2.24. The van der Waals surface area contributed by atoms with Crippen molar-refractivity contribution in [1.82, 2.24) is 0 Å². The molecule has 0 fully saturated rings. The van der Waals surface area contributed by atoms with Gasteiger partial charge in [0.05, 0.1) is 6.04 Å². The van der Waals surface area contributed by atoms with E-state index in [0.29, 0.717) is 12.5 Å². The molecule has 4 aliphatic carbocycles. The van der Waals surface area contributed by atoms with E-state index in [2.05, 4.69) is 66.2 Å². The maximum absolute atomic E-state index is 5.99. The third kappa shape index (κ3) is 3.52. The molecule has 0 N–H and O–H groups in total. The molecule has 0 amide bonds. The van der Waals surface area contributed by atoms with Gasteiger partial charge in [0.15, 0.2) is 0 Å². The van der Waals surface area contributed by atoms with Crippen LogP contribution in [0.1, 0.15) is 41.7 Å². The smallest absolute Gasteiger partial charge is 0.216 e. The molecule has 0 spiro atoms. The minimum absolute atomic E-state index is 0.285. The van der Waals surface area contributed by atoms with Gasteiger partial charge >= 0.3 is 0 Å². The molecule has 3 heteroatoms. The van der Waals surface area contributed by atoms with E-state index < -0.39 is 0 Å². The average Bonchev–Trinajstić information content (AvgIpc) is 3.08. The van der Waals surface area contributed by atoms with Crippen molar-refractivity contribution < 1.29 is 4.74 Å². The first kappa shape index (κ1) is 16.8. The number of aryl methyl sites for hydroxylation is 4. The molecule has 0 saturated heterocycles. The molecule has 1 heterocycles. The molecular formula is C22H24BrNO. The van der Waals surface area contributed by atoms with Crippen molar-refractivity contribution in [2.75, 3.05) is 6.61 Å².